The summed E-state index contributed by atoms with van der Waals surface area (Å²) in [6, 6.07) is 10.1. The van der Waals surface area contributed by atoms with Crippen LogP contribution in [0, 0.1) is 0 Å². The lowest BCUT2D eigenvalue weighted by atomic mass is 10.1. The molecule has 0 aromatic heterocycles. The Kier molecular flexibility index (Phi) is 3.01. The molecule has 0 amide bonds. The van der Waals surface area contributed by atoms with Crippen LogP contribution in [0.4, 0.5) is 5.69 Å². The Morgan fingerprint density at radius 1 is 1.14 bits per heavy atom. The van der Waals surface area contributed by atoms with E-state index < -0.39 is 0 Å². The zero-order valence-electron chi connectivity index (χ0n) is 8.19. The van der Waals surface area contributed by atoms with Crippen LogP contribution in [-0.4, -0.2) is 29.3 Å². The van der Waals surface area contributed by atoms with Gasteiger partial charge in [0.05, 0.1) is 6.10 Å². The summed E-state index contributed by atoms with van der Waals surface area (Å²) in [6.45, 7) is 1.83. The number of aliphatic hydroxyl groups is 1. The van der Waals surface area contributed by atoms with E-state index in [9.17, 15) is 5.11 Å². The molecule has 0 bridgehead atoms. The minimum Gasteiger partial charge on any atom is -0.393 e. The topological polar surface area (TPSA) is 35.5 Å². The van der Waals surface area contributed by atoms with Crippen molar-refractivity contribution in [1.29, 1.82) is 0 Å². The van der Waals surface area contributed by atoms with Crippen LogP contribution in [0.2, 0.25) is 0 Å². The van der Waals surface area contributed by atoms with Gasteiger partial charge in [-0.1, -0.05) is 18.2 Å². The Hall–Kier alpha value is -1.06. The van der Waals surface area contributed by atoms with Gasteiger partial charge in [-0.2, -0.15) is 0 Å². The van der Waals surface area contributed by atoms with E-state index in [4.69, 9.17) is 0 Å². The highest BCUT2D eigenvalue weighted by atomic mass is 16.3. The van der Waals surface area contributed by atoms with Gasteiger partial charge in [-0.25, -0.2) is 5.01 Å². The molecule has 2 rings (SSSR count). The van der Waals surface area contributed by atoms with Crippen LogP contribution in [0.25, 0.3) is 0 Å². The van der Waals surface area contributed by atoms with Crippen molar-refractivity contribution in [2.45, 2.75) is 18.9 Å². The van der Waals surface area contributed by atoms with Crippen molar-refractivity contribution in [3.05, 3.63) is 30.3 Å². The highest BCUT2D eigenvalue weighted by Gasteiger charge is 2.16. The third-order valence-electron chi connectivity index (χ3n) is 2.53. The van der Waals surface area contributed by atoms with Crippen molar-refractivity contribution >= 4 is 5.69 Å². The molecule has 0 unspecified atom stereocenters. The van der Waals surface area contributed by atoms with Crippen LogP contribution in [0.3, 0.4) is 0 Å². The molecule has 0 aliphatic carbocycles. The number of para-hydroxylation sites is 1. The maximum Gasteiger partial charge on any atom is 0.0566 e. The second kappa shape index (κ2) is 4.44. The van der Waals surface area contributed by atoms with E-state index in [1.54, 1.807) is 0 Å². The van der Waals surface area contributed by atoms with Crippen molar-refractivity contribution < 1.29 is 5.11 Å². The zero-order valence-corrected chi connectivity index (χ0v) is 8.19. The van der Waals surface area contributed by atoms with Gasteiger partial charge in [0.1, 0.15) is 0 Å². The first-order valence-corrected chi connectivity index (χ1v) is 5.09. The maximum atomic E-state index is 9.34. The smallest absolute Gasteiger partial charge is 0.0566 e. The third-order valence-corrected chi connectivity index (χ3v) is 2.53. The summed E-state index contributed by atoms with van der Waals surface area (Å²) < 4.78 is 0. The van der Waals surface area contributed by atoms with Gasteiger partial charge in [0.15, 0.2) is 0 Å². The molecule has 76 valence electrons. The van der Waals surface area contributed by atoms with Crippen molar-refractivity contribution in [1.82, 2.24) is 5.01 Å². The van der Waals surface area contributed by atoms with Gasteiger partial charge in [-0.3, -0.25) is 0 Å². The summed E-state index contributed by atoms with van der Waals surface area (Å²) in [7, 11) is 0. The fraction of sp³-hybridized carbons (Fsp3) is 0.455. The number of nitrogens with zero attached hydrogens (tertiary/aromatic N) is 1. The molecule has 0 radical (unpaired) electrons. The van der Waals surface area contributed by atoms with Gasteiger partial charge in [-0.15, -0.1) is 0 Å². The lowest BCUT2D eigenvalue weighted by Gasteiger charge is -2.30. The molecule has 0 atom stereocenters. The summed E-state index contributed by atoms with van der Waals surface area (Å²) in [5.41, 5.74) is 4.44. The molecular formula is C11H16N2O. The van der Waals surface area contributed by atoms with E-state index in [0.29, 0.717) is 0 Å². The molecule has 1 heterocycles. The van der Waals surface area contributed by atoms with E-state index in [2.05, 4.69) is 10.4 Å². The van der Waals surface area contributed by atoms with E-state index >= 15 is 0 Å². The second-order valence-electron chi connectivity index (χ2n) is 3.70. The number of hydrazine groups is 1. The number of piperidine rings is 1. The van der Waals surface area contributed by atoms with Crippen LogP contribution in [0.1, 0.15) is 12.8 Å². The first-order chi connectivity index (χ1) is 6.84. The number of anilines is 1. The Morgan fingerprint density at radius 2 is 1.79 bits per heavy atom. The van der Waals surface area contributed by atoms with Gasteiger partial charge in [0.25, 0.3) is 0 Å². The van der Waals surface area contributed by atoms with Gasteiger partial charge >= 0.3 is 0 Å². The molecule has 1 saturated heterocycles. The standard InChI is InChI=1S/C11H16N2O/c14-11-6-8-13(9-7-11)12-10-4-2-1-3-5-10/h1-5,11-12,14H,6-9H2. The normalized spacial score (nSPS) is 19.5. The van der Waals surface area contributed by atoms with Crippen LogP contribution < -0.4 is 5.43 Å². The Labute approximate surface area is 84.3 Å². The molecule has 2 N–H and O–H groups in total. The number of nitrogens with one attached hydrogen (secondary N) is 1. The number of hydrogen-bond acceptors (Lipinski definition) is 3. The lowest BCUT2D eigenvalue weighted by Crippen LogP contribution is -2.39. The van der Waals surface area contributed by atoms with Crippen LogP contribution in [0.15, 0.2) is 30.3 Å². The minimum atomic E-state index is -0.108. The first-order valence-electron chi connectivity index (χ1n) is 5.09. The molecule has 1 aromatic carbocycles. The largest absolute Gasteiger partial charge is 0.393 e. The third kappa shape index (κ3) is 2.47. The Bertz CT molecular complexity index is 268. The van der Waals surface area contributed by atoms with Crippen LogP contribution in [0.5, 0.6) is 0 Å². The molecule has 14 heavy (non-hydrogen) atoms. The van der Waals surface area contributed by atoms with Crippen LogP contribution in [-0.2, 0) is 0 Å². The van der Waals surface area contributed by atoms with Crippen molar-refractivity contribution in [2.75, 3.05) is 18.5 Å². The predicted octanol–water partition coefficient (Wildman–Crippen LogP) is 1.47. The summed E-state index contributed by atoms with van der Waals surface area (Å²) in [5.74, 6) is 0. The van der Waals surface area contributed by atoms with E-state index in [0.717, 1.165) is 31.6 Å². The van der Waals surface area contributed by atoms with Crippen molar-refractivity contribution in [2.24, 2.45) is 0 Å². The Balaban J connectivity index is 1.87. The van der Waals surface area contributed by atoms with Gasteiger partial charge < -0.3 is 10.5 Å². The van der Waals surface area contributed by atoms with E-state index in [-0.39, 0.29) is 6.10 Å². The molecule has 3 nitrogen and oxygen atoms in total. The van der Waals surface area contributed by atoms with Gasteiger partial charge in [0.2, 0.25) is 0 Å². The second-order valence-corrected chi connectivity index (χ2v) is 3.70. The summed E-state index contributed by atoms with van der Waals surface area (Å²) in [4.78, 5) is 0. The van der Waals surface area contributed by atoms with Crippen molar-refractivity contribution in [3.63, 3.8) is 0 Å². The fourth-order valence-electron chi connectivity index (χ4n) is 1.67. The molecule has 0 spiro atoms. The highest BCUT2D eigenvalue weighted by molar-refractivity contribution is 5.41. The fourth-order valence-corrected chi connectivity index (χ4v) is 1.67. The molecule has 1 aliphatic rings. The predicted molar refractivity (Wildman–Crippen MR) is 56.9 cm³/mol. The number of rotatable bonds is 2. The Morgan fingerprint density at radius 3 is 2.43 bits per heavy atom. The SMILES string of the molecule is OC1CCN(Nc2ccccc2)CC1. The molecule has 1 fully saturated rings. The number of aliphatic hydroxyl groups excluding tert-OH is 1. The monoisotopic (exact) mass is 192 g/mol. The zero-order chi connectivity index (χ0) is 9.80. The molecule has 1 aliphatic heterocycles. The van der Waals surface area contributed by atoms with E-state index in [1.807, 2.05) is 30.3 Å². The minimum absolute atomic E-state index is 0.108. The lowest BCUT2D eigenvalue weighted by molar-refractivity contribution is 0.0937. The molecule has 3 heteroatoms. The van der Waals surface area contributed by atoms with Crippen LogP contribution >= 0.6 is 0 Å². The number of benzene rings is 1. The van der Waals surface area contributed by atoms with E-state index in [1.165, 1.54) is 0 Å². The van der Waals surface area contributed by atoms with Gasteiger partial charge in [0, 0.05) is 18.8 Å². The molecule has 1 aromatic rings. The highest BCUT2D eigenvalue weighted by Crippen LogP contribution is 2.12. The van der Waals surface area contributed by atoms with Gasteiger partial charge in [-0.05, 0) is 25.0 Å². The number of hydrogen-bond donors (Lipinski definition) is 2. The summed E-state index contributed by atoms with van der Waals surface area (Å²) in [5, 5.41) is 11.5. The first kappa shape index (κ1) is 9.49. The summed E-state index contributed by atoms with van der Waals surface area (Å²) >= 11 is 0. The van der Waals surface area contributed by atoms with Crippen molar-refractivity contribution in [3.8, 4) is 0 Å². The maximum absolute atomic E-state index is 9.34. The molecule has 0 saturated carbocycles. The quantitative estimate of drug-likeness (QED) is 0.745. The molecular weight excluding hydrogens is 176 g/mol. The summed E-state index contributed by atoms with van der Waals surface area (Å²) in [6.07, 6.45) is 1.61. The average Bonchev–Trinajstić information content (AvgIpc) is 2.23. The average molecular weight is 192 g/mol.